The average molecular weight is 331 g/mol. The van der Waals surface area contributed by atoms with Crippen molar-refractivity contribution in [3.63, 3.8) is 0 Å². The molecule has 1 amide bonds. The lowest BCUT2D eigenvalue weighted by Gasteiger charge is -2.04. The molecule has 0 radical (unpaired) electrons. The minimum atomic E-state index is -0.0471. The Kier molecular flexibility index (Phi) is 4.40. The van der Waals surface area contributed by atoms with Crippen LogP contribution in [-0.4, -0.2) is 24.2 Å². The smallest absolute Gasteiger partial charge is 0.252 e. The minimum Gasteiger partial charge on any atom is -0.383 e. The molecule has 1 fully saturated rings. The predicted molar refractivity (Wildman–Crippen MR) is 85.6 cm³/mol. The summed E-state index contributed by atoms with van der Waals surface area (Å²) in [5.74, 6) is -0.0730. The van der Waals surface area contributed by atoms with Gasteiger partial charge in [0, 0.05) is 19.3 Å². The second-order valence-electron chi connectivity index (χ2n) is 6.71. The van der Waals surface area contributed by atoms with E-state index in [1.165, 1.54) is 11.3 Å². The summed E-state index contributed by atoms with van der Waals surface area (Å²) >= 11 is 7.54. The maximum Gasteiger partial charge on any atom is 0.252 e. The number of carbonyl (C=O) groups is 1. The van der Waals surface area contributed by atoms with Gasteiger partial charge in [-0.25, -0.2) is 0 Å². The van der Waals surface area contributed by atoms with Crippen molar-refractivity contribution in [3.05, 3.63) is 14.8 Å². The lowest BCUT2D eigenvalue weighted by molar-refractivity contribution is -0.120. The number of nitrogens with zero attached hydrogens (tertiary/aromatic N) is 2. The van der Waals surface area contributed by atoms with Crippen LogP contribution in [0.3, 0.4) is 0 Å². The number of carbonyl (C=O) groups excluding carboxylic acids is 1. The van der Waals surface area contributed by atoms with E-state index in [1.807, 2.05) is 11.5 Å². The quantitative estimate of drug-likeness (QED) is 0.850. The van der Waals surface area contributed by atoms with E-state index in [9.17, 15) is 4.79 Å². The zero-order valence-corrected chi connectivity index (χ0v) is 15.1. The second-order valence-corrected chi connectivity index (χ2v) is 8.29. The van der Waals surface area contributed by atoms with Crippen molar-refractivity contribution in [1.29, 1.82) is 0 Å². The molecule has 0 spiro atoms. The third-order valence-corrected chi connectivity index (χ3v) is 6.57. The highest BCUT2D eigenvalue weighted by molar-refractivity contribution is 7.13. The third kappa shape index (κ3) is 2.71. The van der Waals surface area contributed by atoms with Gasteiger partial charge in [-0.1, -0.05) is 50.6 Å². The van der Waals surface area contributed by atoms with Crippen LogP contribution in [0.2, 0.25) is 4.34 Å². The Hall–Kier alpha value is -0.650. The number of hydrogen-bond donors (Lipinski definition) is 0. The molecule has 0 bridgehead atoms. The van der Waals surface area contributed by atoms with Crippen LogP contribution < -0.4 is 4.80 Å². The number of methoxy groups -OCH3 is 1. The van der Waals surface area contributed by atoms with Crippen molar-refractivity contribution < 1.29 is 9.53 Å². The van der Waals surface area contributed by atoms with Gasteiger partial charge in [-0.15, -0.1) is 0 Å². The van der Waals surface area contributed by atoms with Crippen LogP contribution in [0.15, 0.2) is 4.99 Å². The summed E-state index contributed by atoms with van der Waals surface area (Å²) in [6.45, 7) is 11.6. The van der Waals surface area contributed by atoms with Crippen LogP contribution in [0, 0.1) is 23.7 Å². The fourth-order valence-corrected chi connectivity index (χ4v) is 4.16. The van der Waals surface area contributed by atoms with Crippen molar-refractivity contribution in [1.82, 2.24) is 4.57 Å². The van der Waals surface area contributed by atoms with E-state index in [0.29, 0.717) is 22.3 Å². The number of aromatic nitrogens is 1. The molecular weight excluding hydrogens is 308 g/mol. The summed E-state index contributed by atoms with van der Waals surface area (Å²) in [5.41, 5.74) is 0.932. The summed E-state index contributed by atoms with van der Waals surface area (Å²) in [7, 11) is 1.65. The van der Waals surface area contributed by atoms with Crippen LogP contribution in [0.25, 0.3) is 0 Å². The third-order valence-electron chi connectivity index (χ3n) is 5.09. The van der Waals surface area contributed by atoms with Gasteiger partial charge in [0.25, 0.3) is 5.91 Å². The standard InChI is InChI=1S/C15H23ClN2O2S/c1-9-11(16)21-13(18(9)7-8-20-6)17-12(19)10-14(2,3)15(10,4)5/h10H,7-8H2,1-6H3. The molecule has 6 heteroatoms. The molecule has 118 valence electrons. The molecule has 1 aromatic rings. The SMILES string of the molecule is COCCn1c(C)c(Cl)sc1=NC(=O)C1C(C)(C)C1(C)C. The van der Waals surface area contributed by atoms with E-state index in [1.54, 1.807) is 7.11 Å². The highest BCUT2D eigenvalue weighted by Crippen LogP contribution is 2.68. The highest BCUT2D eigenvalue weighted by Gasteiger charge is 2.68. The number of thiazole rings is 1. The number of rotatable bonds is 4. The van der Waals surface area contributed by atoms with Gasteiger partial charge in [-0.3, -0.25) is 4.79 Å². The lowest BCUT2D eigenvalue weighted by Crippen LogP contribution is -2.21. The number of amides is 1. The van der Waals surface area contributed by atoms with Crippen molar-refractivity contribution in [3.8, 4) is 0 Å². The molecule has 21 heavy (non-hydrogen) atoms. The number of halogens is 1. The summed E-state index contributed by atoms with van der Waals surface area (Å²) in [4.78, 5) is 17.5. The summed E-state index contributed by atoms with van der Waals surface area (Å²) < 4.78 is 7.74. The van der Waals surface area contributed by atoms with Gasteiger partial charge in [-0.2, -0.15) is 4.99 Å². The normalized spacial score (nSPS) is 20.8. The van der Waals surface area contributed by atoms with E-state index in [4.69, 9.17) is 16.3 Å². The predicted octanol–water partition coefficient (Wildman–Crippen LogP) is 3.27. The Balaban J connectivity index is 2.34. The average Bonchev–Trinajstić information content (AvgIpc) is 2.62. The maximum absolute atomic E-state index is 12.5. The van der Waals surface area contributed by atoms with Gasteiger partial charge in [0.15, 0.2) is 4.80 Å². The molecule has 1 aliphatic carbocycles. The van der Waals surface area contributed by atoms with Crippen molar-refractivity contribution in [2.24, 2.45) is 21.7 Å². The van der Waals surface area contributed by atoms with E-state index >= 15 is 0 Å². The van der Waals surface area contributed by atoms with Crippen LogP contribution in [0.1, 0.15) is 33.4 Å². The van der Waals surface area contributed by atoms with E-state index < -0.39 is 0 Å². The number of ether oxygens (including phenoxy) is 1. The molecule has 0 N–H and O–H groups in total. The maximum atomic E-state index is 12.5. The molecule has 1 heterocycles. The number of hydrogen-bond acceptors (Lipinski definition) is 3. The van der Waals surface area contributed by atoms with Crippen LogP contribution in [0.5, 0.6) is 0 Å². The first-order chi connectivity index (χ1) is 9.64. The zero-order chi connectivity index (χ0) is 16.0. The molecule has 4 nitrogen and oxygen atoms in total. The van der Waals surface area contributed by atoms with Crippen LogP contribution in [-0.2, 0) is 16.1 Å². The largest absolute Gasteiger partial charge is 0.383 e. The molecule has 0 aromatic carbocycles. The van der Waals surface area contributed by atoms with Gasteiger partial charge in [0.05, 0.1) is 12.5 Å². The molecule has 1 saturated carbocycles. The first kappa shape index (κ1) is 16.7. The zero-order valence-electron chi connectivity index (χ0n) is 13.5. The molecule has 1 aromatic heterocycles. The monoisotopic (exact) mass is 330 g/mol. The second kappa shape index (κ2) is 5.52. The van der Waals surface area contributed by atoms with E-state index in [0.717, 1.165) is 5.69 Å². The first-order valence-electron chi connectivity index (χ1n) is 7.07. The summed E-state index contributed by atoms with van der Waals surface area (Å²) in [5, 5.41) is 0. The van der Waals surface area contributed by atoms with Crippen molar-refractivity contribution in [2.45, 2.75) is 41.2 Å². The van der Waals surface area contributed by atoms with Crippen molar-refractivity contribution >= 4 is 28.8 Å². The molecule has 0 aliphatic heterocycles. The Labute approximate surface area is 134 Å². The topological polar surface area (TPSA) is 43.6 Å². The molecular formula is C15H23ClN2O2S. The Morgan fingerprint density at radius 1 is 1.38 bits per heavy atom. The van der Waals surface area contributed by atoms with E-state index in [2.05, 4.69) is 32.7 Å². The Morgan fingerprint density at radius 2 is 1.95 bits per heavy atom. The molecule has 0 saturated heterocycles. The van der Waals surface area contributed by atoms with Gasteiger partial charge in [0.2, 0.25) is 0 Å². The molecule has 2 rings (SSSR count). The highest BCUT2D eigenvalue weighted by atomic mass is 35.5. The molecule has 1 aliphatic rings. The van der Waals surface area contributed by atoms with Gasteiger partial charge >= 0.3 is 0 Å². The fourth-order valence-electron chi connectivity index (χ4n) is 2.96. The first-order valence-corrected chi connectivity index (χ1v) is 8.27. The Morgan fingerprint density at radius 3 is 2.43 bits per heavy atom. The summed E-state index contributed by atoms with van der Waals surface area (Å²) in [6.07, 6.45) is 0. The Bertz CT molecular complexity index is 614. The molecule has 0 unspecified atom stereocenters. The van der Waals surface area contributed by atoms with Gasteiger partial charge in [0.1, 0.15) is 4.34 Å². The summed E-state index contributed by atoms with van der Waals surface area (Å²) in [6, 6.07) is 0. The fraction of sp³-hybridized carbons (Fsp3) is 0.733. The van der Waals surface area contributed by atoms with E-state index in [-0.39, 0.29) is 22.7 Å². The minimum absolute atomic E-state index is 0.00103. The molecule has 0 atom stereocenters. The van der Waals surface area contributed by atoms with Crippen LogP contribution >= 0.6 is 22.9 Å². The van der Waals surface area contributed by atoms with Gasteiger partial charge < -0.3 is 9.30 Å². The van der Waals surface area contributed by atoms with Crippen molar-refractivity contribution in [2.75, 3.05) is 13.7 Å². The van der Waals surface area contributed by atoms with Crippen LogP contribution in [0.4, 0.5) is 0 Å². The lowest BCUT2D eigenvalue weighted by atomic mass is 10.0. The van der Waals surface area contributed by atoms with Gasteiger partial charge in [-0.05, 0) is 17.8 Å².